The van der Waals surface area contributed by atoms with Gasteiger partial charge in [-0.25, -0.2) is 0 Å². The third kappa shape index (κ3) is 7.70. The molecule has 0 saturated carbocycles. The van der Waals surface area contributed by atoms with Crippen LogP contribution in [-0.2, 0) is 4.79 Å². The number of amides is 1. The molecule has 0 heterocycles. The van der Waals surface area contributed by atoms with Crippen molar-refractivity contribution in [2.24, 2.45) is 0 Å². The molecule has 0 radical (unpaired) electrons. The van der Waals surface area contributed by atoms with Crippen LogP contribution < -0.4 is 15.4 Å². The Labute approximate surface area is 121 Å². The number of carbonyl (C=O) groups is 1. The predicted octanol–water partition coefficient (Wildman–Crippen LogP) is 1.91. The van der Waals surface area contributed by atoms with E-state index in [4.69, 9.17) is 4.74 Å². The highest BCUT2D eigenvalue weighted by molar-refractivity contribution is 5.85. The second kappa shape index (κ2) is 9.64. The average Bonchev–Trinajstić information content (AvgIpc) is 2.36. The van der Waals surface area contributed by atoms with Gasteiger partial charge in [0.15, 0.2) is 0 Å². The smallest absolute Gasteiger partial charge is 0.221 e. The monoisotopic (exact) mass is 286 g/mol. The van der Waals surface area contributed by atoms with Crippen molar-refractivity contribution in [1.29, 1.82) is 0 Å². The Bertz CT molecular complexity index is 368. The Morgan fingerprint density at radius 2 is 1.95 bits per heavy atom. The molecule has 2 N–H and O–H groups in total. The Morgan fingerprint density at radius 3 is 2.53 bits per heavy atom. The van der Waals surface area contributed by atoms with Crippen LogP contribution in [0.15, 0.2) is 24.3 Å². The fourth-order valence-corrected chi connectivity index (χ4v) is 1.48. The fraction of sp³-hybridized carbons (Fsp3) is 0.500. The number of rotatable bonds is 7. The maximum absolute atomic E-state index is 11.4. The minimum absolute atomic E-state index is 0. The van der Waals surface area contributed by atoms with Crippen LogP contribution in [0.25, 0.3) is 0 Å². The van der Waals surface area contributed by atoms with Crippen LogP contribution in [0, 0.1) is 6.92 Å². The molecule has 1 aromatic carbocycles. The number of carbonyl (C=O) groups excluding carboxylic acids is 1. The molecule has 0 aliphatic carbocycles. The van der Waals surface area contributed by atoms with E-state index in [0.717, 1.165) is 5.75 Å². The molecule has 0 spiro atoms. The van der Waals surface area contributed by atoms with Gasteiger partial charge in [-0.15, -0.1) is 12.4 Å². The van der Waals surface area contributed by atoms with E-state index in [1.165, 1.54) is 5.56 Å². The highest BCUT2D eigenvalue weighted by atomic mass is 35.5. The van der Waals surface area contributed by atoms with Crippen LogP contribution in [0.3, 0.4) is 0 Å². The lowest BCUT2D eigenvalue weighted by Crippen LogP contribution is -2.34. The maximum Gasteiger partial charge on any atom is 0.221 e. The summed E-state index contributed by atoms with van der Waals surface area (Å²) in [5, 5.41) is 5.78. The third-order valence-electron chi connectivity index (χ3n) is 2.55. The van der Waals surface area contributed by atoms with Crippen molar-refractivity contribution in [3.8, 4) is 5.75 Å². The van der Waals surface area contributed by atoms with Crippen molar-refractivity contribution in [3.05, 3.63) is 29.8 Å². The van der Waals surface area contributed by atoms with Crippen LogP contribution in [0.2, 0.25) is 0 Å². The first-order valence-electron chi connectivity index (χ1n) is 6.26. The molecule has 0 aromatic heterocycles. The molecule has 1 atom stereocenters. The van der Waals surface area contributed by atoms with Gasteiger partial charge in [-0.3, -0.25) is 4.79 Å². The van der Waals surface area contributed by atoms with Gasteiger partial charge >= 0.3 is 0 Å². The highest BCUT2D eigenvalue weighted by Gasteiger charge is 2.06. The molecule has 4 nitrogen and oxygen atoms in total. The van der Waals surface area contributed by atoms with Gasteiger partial charge in [0.2, 0.25) is 5.91 Å². The minimum Gasteiger partial charge on any atom is -0.489 e. The van der Waals surface area contributed by atoms with Gasteiger partial charge in [0, 0.05) is 13.0 Å². The second-order valence-electron chi connectivity index (χ2n) is 4.40. The first kappa shape index (κ1) is 17.7. The first-order valence-corrected chi connectivity index (χ1v) is 6.26. The van der Waals surface area contributed by atoms with Crippen LogP contribution in [0.5, 0.6) is 5.75 Å². The molecule has 0 saturated heterocycles. The summed E-state index contributed by atoms with van der Waals surface area (Å²) in [6.45, 7) is 5.20. The first-order chi connectivity index (χ1) is 8.61. The molecule has 19 heavy (non-hydrogen) atoms. The highest BCUT2D eigenvalue weighted by Crippen LogP contribution is 2.12. The summed E-state index contributed by atoms with van der Waals surface area (Å²) in [7, 11) is 1.83. The van der Waals surface area contributed by atoms with E-state index in [9.17, 15) is 4.79 Å². The van der Waals surface area contributed by atoms with Crippen molar-refractivity contribution in [2.75, 3.05) is 20.1 Å². The van der Waals surface area contributed by atoms with E-state index in [1.807, 2.05) is 45.2 Å². The van der Waals surface area contributed by atoms with Gasteiger partial charge < -0.3 is 15.4 Å². The number of hydrogen-bond acceptors (Lipinski definition) is 3. The van der Waals surface area contributed by atoms with Crippen LogP contribution >= 0.6 is 12.4 Å². The molecule has 1 unspecified atom stereocenters. The normalized spacial score (nSPS) is 11.3. The zero-order chi connectivity index (χ0) is 13.4. The van der Waals surface area contributed by atoms with Crippen molar-refractivity contribution in [1.82, 2.24) is 10.6 Å². The summed E-state index contributed by atoms with van der Waals surface area (Å²) in [5.41, 5.74) is 1.20. The van der Waals surface area contributed by atoms with Gasteiger partial charge in [-0.05, 0) is 33.0 Å². The van der Waals surface area contributed by atoms with Crippen molar-refractivity contribution >= 4 is 18.3 Å². The summed E-state index contributed by atoms with van der Waals surface area (Å²) < 4.78 is 5.69. The predicted molar refractivity (Wildman–Crippen MR) is 80.1 cm³/mol. The molecular weight excluding hydrogens is 264 g/mol. The molecule has 0 bridgehead atoms. The molecule has 1 amide bonds. The lowest BCUT2D eigenvalue weighted by Gasteiger charge is -2.15. The zero-order valence-electron chi connectivity index (χ0n) is 11.7. The molecule has 1 aromatic rings. The van der Waals surface area contributed by atoms with E-state index in [0.29, 0.717) is 19.5 Å². The van der Waals surface area contributed by atoms with Crippen LogP contribution in [0.4, 0.5) is 0 Å². The molecule has 1 rings (SSSR count). The maximum atomic E-state index is 11.4. The molecule has 108 valence electrons. The Morgan fingerprint density at radius 1 is 1.32 bits per heavy atom. The molecule has 0 aliphatic heterocycles. The molecule has 5 heteroatoms. The number of benzene rings is 1. The van der Waals surface area contributed by atoms with E-state index in [1.54, 1.807) is 0 Å². The van der Waals surface area contributed by atoms with Crippen molar-refractivity contribution in [2.45, 2.75) is 26.4 Å². The van der Waals surface area contributed by atoms with Crippen LogP contribution in [0.1, 0.15) is 18.9 Å². The Balaban J connectivity index is 0.00000324. The van der Waals surface area contributed by atoms with Crippen LogP contribution in [-0.4, -0.2) is 32.1 Å². The second-order valence-corrected chi connectivity index (χ2v) is 4.40. The topological polar surface area (TPSA) is 50.4 Å². The van der Waals surface area contributed by atoms with E-state index >= 15 is 0 Å². The number of nitrogens with one attached hydrogen (secondary N) is 2. The SMILES string of the molecule is CNCCC(=O)NCC(C)Oc1ccc(C)cc1.Cl. The fourth-order valence-electron chi connectivity index (χ4n) is 1.48. The summed E-state index contributed by atoms with van der Waals surface area (Å²) in [4.78, 5) is 11.4. The molecule has 0 aliphatic rings. The number of halogens is 1. The minimum atomic E-state index is -0.0359. The van der Waals surface area contributed by atoms with E-state index in [-0.39, 0.29) is 24.4 Å². The molecule has 0 fully saturated rings. The third-order valence-corrected chi connectivity index (χ3v) is 2.55. The Kier molecular flexibility index (Phi) is 9.00. The Hall–Kier alpha value is -1.26. The van der Waals surface area contributed by atoms with Gasteiger partial charge in [0.25, 0.3) is 0 Å². The quantitative estimate of drug-likeness (QED) is 0.805. The summed E-state index contributed by atoms with van der Waals surface area (Å²) >= 11 is 0. The molecular formula is C14H23ClN2O2. The van der Waals surface area contributed by atoms with Gasteiger partial charge in [0.05, 0.1) is 6.54 Å². The zero-order valence-corrected chi connectivity index (χ0v) is 12.5. The lowest BCUT2D eigenvalue weighted by atomic mass is 10.2. The lowest BCUT2D eigenvalue weighted by molar-refractivity contribution is -0.121. The van der Waals surface area contributed by atoms with E-state index in [2.05, 4.69) is 10.6 Å². The average molecular weight is 287 g/mol. The van der Waals surface area contributed by atoms with Gasteiger partial charge in [0.1, 0.15) is 11.9 Å². The number of hydrogen-bond donors (Lipinski definition) is 2. The number of aryl methyl sites for hydroxylation is 1. The standard InChI is InChI=1S/C14H22N2O2.ClH/c1-11-4-6-13(7-5-11)18-12(2)10-16-14(17)8-9-15-3;/h4-7,12,15H,8-10H2,1-3H3,(H,16,17);1H. The summed E-state index contributed by atoms with van der Waals surface area (Å²) in [5.74, 6) is 0.876. The van der Waals surface area contributed by atoms with Gasteiger partial charge in [-0.2, -0.15) is 0 Å². The summed E-state index contributed by atoms with van der Waals surface area (Å²) in [6.07, 6.45) is 0.458. The number of ether oxygens (including phenoxy) is 1. The largest absolute Gasteiger partial charge is 0.489 e. The van der Waals surface area contributed by atoms with Crippen molar-refractivity contribution in [3.63, 3.8) is 0 Å². The van der Waals surface area contributed by atoms with Crippen molar-refractivity contribution < 1.29 is 9.53 Å². The van der Waals surface area contributed by atoms with E-state index < -0.39 is 0 Å². The van der Waals surface area contributed by atoms with Gasteiger partial charge in [-0.1, -0.05) is 17.7 Å². The summed E-state index contributed by atoms with van der Waals surface area (Å²) in [6, 6.07) is 7.89.